The Morgan fingerprint density at radius 3 is 2.25 bits per heavy atom. The Bertz CT molecular complexity index is 469. The van der Waals surface area contributed by atoms with Crippen molar-refractivity contribution in [1.82, 2.24) is 0 Å². The fraction of sp³-hybridized carbons (Fsp3) is 0.600. The van der Waals surface area contributed by atoms with Crippen molar-refractivity contribution in [3.8, 4) is 11.5 Å². The summed E-state index contributed by atoms with van der Waals surface area (Å²) >= 11 is 6.40. The predicted molar refractivity (Wildman–Crippen MR) is 76.3 cm³/mol. The molecule has 0 radical (unpaired) electrons. The number of benzene rings is 1. The Morgan fingerprint density at radius 2 is 1.80 bits per heavy atom. The minimum atomic E-state index is -0.449. The van der Waals surface area contributed by atoms with E-state index < -0.39 is 5.38 Å². The van der Waals surface area contributed by atoms with Gasteiger partial charge in [-0.15, -0.1) is 11.6 Å². The molecule has 3 nitrogen and oxygen atoms in total. The van der Waals surface area contributed by atoms with Crippen molar-refractivity contribution < 1.29 is 18.6 Å². The molecule has 1 aromatic carbocycles. The molecule has 0 saturated heterocycles. The van der Waals surface area contributed by atoms with Crippen LogP contribution in [0.4, 0.5) is 4.39 Å². The van der Waals surface area contributed by atoms with Crippen molar-refractivity contribution in [2.24, 2.45) is 0 Å². The molecule has 1 aromatic rings. The zero-order chi connectivity index (χ0) is 14.8. The van der Waals surface area contributed by atoms with Gasteiger partial charge in [0.2, 0.25) is 0 Å². The van der Waals surface area contributed by atoms with Crippen LogP contribution in [0.1, 0.15) is 36.6 Å². The highest BCUT2D eigenvalue weighted by Crippen LogP contribution is 2.45. The fourth-order valence-electron chi connectivity index (χ4n) is 2.61. The molecule has 1 aliphatic rings. The standard InChI is InChI=1S/C15H20ClFO3/c1-18-13-7-10(12(17)8-14(13)19-2)11(16)9-15(20-3)5-4-6-15/h7-8,11H,4-6,9H2,1-3H3. The summed E-state index contributed by atoms with van der Waals surface area (Å²) in [4.78, 5) is 0. The van der Waals surface area contributed by atoms with E-state index in [1.807, 2.05) is 0 Å². The van der Waals surface area contributed by atoms with Gasteiger partial charge in [-0.1, -0.05) is 0 Å². The molecule has 2 rings (SSSR count). The predicted octanol–water partition coefficient (Wildman–Crippen LogP) is 4.08. The van der Waals surface area contributed by atoms with Gasteiger partial charge in [-0.25, -0.2) is 4.39 Å². The molecular weight excluding hydrogens is 283 g/mol. The molecule has 0 amide bonds. The van der Waals surface area contributed by atoms with Gasteiger partial charge in [0.15, 0.2) is 11.5 Å². The number of ether oxygens (including phenoxy) is 3. The molecular formula is C15H20ClFO3. The van der Waals surface area contributed by atoms with E-state index in [1.165, 1.54) is 20.3 Å². The molecule has 0 heterocycles. The second-order valence-corrected chi connectivity index (χ2v) is 5.67. The van der Waals surface area contributed by atoms with Crippen LogP contribution in [0.15, 0.2) is 12.1 Å². The van der Waals surface area contributed by atoms with Crippen LogP contribution in [-0.4, -0.2) is 26.9 Å². The van der Waals surface area contributed by atoms with E-state index in [1.54, 1.807) is 13.2 Å². The molecule has 1 saturated carbocycles. The minimum Gasteiger partial charge on any atom is -0.493 e. The molecule has 0 aliphatic heterocycles. The van der Waals surface area contributed by atoms with E-state index in [2.05, 4.69) is 0 Å². The van der Waals surface area contributed by atoms with E-state index in [-0.39, 0.29) is 11.4 Å². The minimum absolute atomic E-state index is 0.202. The van der Waals surface area contributed by atoms with Crippen molar-refractivity contribution in [1.29, 1.82) is 0 Å². The van der Waals surface area contributed by atoms with Gasteiger partial charge in [-0.2, -0.15) is 0 Å². The average Bonchev–Trinajstić information content (AvgIpc) is 2.42. The average molecular weight is 303 g/mol. The lowest BCUT2D eigenvalue weighted by Gasteiger charge is -2.41. The summed E-state index contributed by atoms with van der Waals surface area (Å²) in [5, 5.41) is -0.449. The first-order valence-corrected chi connectivity index (χ1v) is 7.09. The number of alkyl halides is 1. The summed E-state index contributed by atoms with van der Waals surface area (Å²) in [6.45, 7) is 0. The van der Waals surface area contributed by atoms with Crippen LogP contribution in [-0.2, 0) is 4.74 Å². The number of rotatable bonds is 6. The molecule has 1 fully saturated rings. The molecule has 5 heteroatoms. The molecule has 112 valence electrons. The first-order valence-electron chi connectivity index (χ1n) is 6.66. The molecule has 0 aromatic heterocycles. The van der Waals surface area contributed by atoms with Gasteiger partial charge in [0.1, 0.15) is 5.82 Å². The van der Waals surface area contributed by atoms with Gasteiger partial charge in [0.25, 0.3) is 0 Å². The summed E-state index contributed by atoms with van der Waals surface area (Å²) in [7, 11) is 4.68. The Hall–Kier alpha value is -1.00. The normalized spacial score (nSPS) is 18.2. The van der Waals surface area contributed by atoms with E-state index in [0.717, 1.165) is 19.3 Å². The molecule has 0 N–H and O–H groups in total. The molecule has 1 unspecified atom stereocenters. The van der Waals surface area contributed by atoms with E-state index in [4.69, 9.17) is 25.8 Å². The first kappa shape index (κ1) is 15.4. The van der Waals surface area contributed by atoms with Crippen LogP contribution in [0.2, 0.25) is 0 Å². The SMILES string of the molecule is COc1cc(F)c(C(Cl)CC2(OC)CCC2)cc1OC. The van der Waals surface area contributed by atoms with Gasteiger partial charge in [-0.05, 0) is 31.7 Å². The third kappa shape index (κ3) is 2.86. The quantitative estimate of drug-likeness (QED) is 0.741. The molecule has 20 heavy (non-hydrogen) atoms. The Kier molecular flexibility index (Phi) is 4.76. The lowest BCUT2D eigenvalue weighted by molar-refractivity contribution is -0.0781. The highest BCUT2D eigenvalue weighted by atomic mass is 35.5. The second-order valence-electron chi connectivity index (χ2n) is 5.14. The smallest absolute Gasteiger partial charge is 0.163 e. The van der Waals surface area contributed by atoms with Crippen molar-refractivity contribution >= 4 is 11.6 Å². The number of hydrogen-bond acceptors (Lipinski definition) is 3. The summed E-state index contributed by atoms with van der Waals surface area (Å²) in [6, 6.07) is 2.91. The van der Waals surface area contributed by atoms with Crippen molar-refractivity contribution in [2.45, 2.75) is 36.7 Å². The molecule has 0 bridgehead atoms. The van der Waals surface area contributed by atoms with Crippen LogP contribution in [0, 0.1) is 5.82 Å². The van der Waals surface area contributed by atoms with E-state index in [0.29, 0.717) is 23.5 Å². The van der Waals surface area contributed by atoms with Gasteiger partial charge in [0, 0.05) is 18.7 Å². The molecule has 1 atom stereocenters. The van der Waals surface area contributed by atoms with Crippen LogP contribution in [0.25, 0.3) is 0 Å². The van der Waals surface area contributed by atoms with Gasteiger partial charge in [-0.3, -0.25) is 0 Å². The summed E-state index contributed by atoms with van der Waals surface area (Å²) in [5.74, 6) is 0.463. The maximum atomic E-state index is 14.1. The van der Waals surface area contributed by atoms with E-state index >= 15 is 0 Å². The maximum Gasteiger partial charge on any atom is 0.163 e. The highest BCUT2D eigenvalue weighted by molar-refractivity contribution is 6.20. The van der Waals surface area contributed by atoms with Crippen LogP contribution in [0.3, 0.4) is 0 Å². The zero-order valence-corrected chi connectivity index (χ0v) is 12.8. The Morgan fingerprint density at radius 1 is 1.20 bits per heavy atom. The highest BCUT2D eigenvalue weighted by Gasteiger charge is 2.39. The third-order valence-corrected chi connectivity index (χ3v) is 4.48. The molecule has 1 aliphatic carbocycles. The van der Waals surface area contributed by atoms with Gasteiger partial charge < -0.3 is 14.2 Å². The Balaban J connectivity index is 2.23. The fourth-order valence-corrected chi connectivity index (χ4v) is 3.06. The Labute approximate surface area is 124 Å². The monoisotopic (exact) mass is 302 g/mol. The van der Waals surface area contributed by atoms with Crippen LogP contribution >= 0.6 is 11.6 Å². The van der Waals surface area contributed by atoms with Crippen LogP contribution < -0.4 is 9.47 Å². The lowest BCUT2D eigenvalue weighted by Crippen LogP contribution is -2.40. The summed E-state index contributed by atoms with van der Waals surface area (Å²) < 4.78 is 30.0. The number of methoxy groups -OCH3 is 3. The van der Waals surface area contributed by atoms with E-state index in [9.17, 15) is 4.39 Å². The lowest BCUT2D eigenvalue weighted by atomic mass is 9.76. The molecule has 0 spiro atoms. The number of halogens is 2. The third-order valence-electron chi connectivity index (χ3n) is 4.09. The van der Waals surface area contributed by atoms with Crippen LogP contribution in [0.5, 0.6) is 11.5 Å². The first-order chi connectivity index (χ1) is 9.55. The van der Waals surface area contributed by atoms with Gasteiger partial charge >= 0.3 is 0 Å². The van der Waals surface area contributed by atoms with Crippen molar-refractivity contribution in [2.75, 3.05) is 21.3 Å². The second kappa shape index (κ2) is 6.19. The number of hydrogen-bond donors (Lipinski definition) is 0. The topological polar surface area (TPSA) is 27.7 Å². The van der Waals surface area contributed by atoms with Crippen molar-refractivity contribution in [3.63, 3.8) is 0 Å². The largest absolute Gasteiger partial charge is 0.493 e. The zero-order valence-electron chi connectivity index (χ0n) is 12.0. The van der Waals surface area contributed by atoms with Crippen molar-refractivity contribution in [3.05, 3.63) is 23.5 Å². The summed E-state index contributed by atoms with van der Waals surface area (Å²) in [6.07, 6.45) is 3.67. The maximum absolute atomic E-state index is 14.1. The van der Waals surface area contributed by atoms with Gasteiger partial charge in [0.05, 0.1) is 25.2 Å². The summed E-state index contributed by atoms with van der Waals surface area (Å²) in [5.41, 5.74) is 0.221.